The zero-order valence-electron chi connectivity index (χ0n) is 13.3. The number of hydrogen-bond acceptors (Lipinski definition) is 3. The van der Waals surface area contributed by atoms with Crippen LogP contribution in [0.4, 0.5) is 5.69 Å². The van der Waals surface area contributed by atoms with E-state index in [0.717, 1.165) is 26.0 Å². The lowest BCUT2D eigenvalue weighted by Crippen LogP contribution is -2.61. The van der Waals surface area contributed by atoms with E-state index in [9.17, 15) is 0 Å². The third-order valence-electron chi connectivity index (χ3n) is 4.40. The van der Waals surface area contributed by atoms with Crippen LogP contribution in [0, 0.1) is 6.92 Å². The Hall–Kier alpha value is -1.06. The number of hydrogen-bond donors (Lipinski definition) is 1. The fraction of sp³-hybridized carbons (Fsp3) is 0.647. The number of rotatable bonds is 4. The van der Waals surface area contributed by atoms with Crippen molar-refractivity contribution in [3.05, 3.63) is 29.8 Å². The predicted molar refractivity (Wildman–Crippen MR) is 85.2 cm³/mol. The van der Waals surface area contributed by atoms with Crippen molar-refractivity contribution >= 4 is 5.69 Å². The minimum atomic E-state index is -0.102. The molecule has 1 fully saturated rings. The summed E-state index contributed by atoms with van der Waals surface area (Å²) in [5.74, 6) is 0. The summed E-state index contributed by atoms with van der Waals surface area (Å²) in [6, 6.07) is 8.71. The third-order valence-corrected chi connectivity index (χ3v) is 4.40. The van der Waals surface area contributed by atoms with Gasteiger partial charge < -0.3 is 15.4 Å². The van der Waals surface area contributed by atoms with Gasteiger partial charge in [0.15, 0.2) is 0 Å². The first-order chi connectivity index (χ1) is 9.42. The van der Waals surface area contributed by atoms with E-state index in [1.165, 1.54) is 11.3 Å². The van der Waals surface area contributed by atoms with Gasteiger partial charge in [-0.25, -0.2) is 0 Å². The Morgan fingerprint density at radius 1 is 1.35 bits per heavy atom. The highest BCUT2D eigenvalue weighted by Gasteiger charge is 2.43. The monoisotopic (exact) mass is 276 g/mol. The molecule has 3 nitrogen and oxygen atoms in total. The molecule has 1 aromatic carbocycles. The summed E-state index contributed by atoms with van der Waals surface area (Å²) in [7, 11) is 0. The molecule has 0 bridgehead atoms. The molecule has 0 radical (unpaired) electrons. The molecule has 1 aromatic rings. The highest BCUT2D eigenvalue weighted by atomic mass is 16.5. The van der Waals surface area contributed by atoms with E-state index >= 15 is 0 Å². The van der Waals surface area contributed by atoms with E-state index in [4.69, 9.17) is 10.5 Å². The average Bonchev–Trinajstić information content (AvgIpc) is 2.38. The van der Waals surface area contributed by atoms with Gasteiger partial charge in [-0.2, -0.15) is 0 Å². The standard InChI is InChI=1S/C17H28N2O/c1-5-19(15-8-6-7-14(2)11-15)17(13-18)9-10-20-16(3,4)12-17/h6-8,11H,5,9-10,12-13,18H2,1-4H3. The summed E-state index contributed by atoms with van der Waals surface area (Å²) in [5, 5.41) is 0. The van der Waals surface area contributed by atoms with Gasteiger partial charge in [-0.15, -0.1) is 0 Å². The van der Waals surface area contributed by atoms with E-state index < -0.39 is 0 Å². The van der Waals surface area contributed by atoms with Crippen LogP contribution in [0.3, 0.4) is 0 Å². The number of likely N-dealkylation sites (N-methyl/N-ethyl adjacent to an activating group) is 1. The van der Waals surface area contributed by atoms with Crippen molar-refractivity contribution in [3.63, 3.8) is 0 Å². The van der Waals surface area contributed by atoms with Crippen LogP contribution in [0.15, 0.2) is 24.3 Å². The van der Waals surface area contributed by atoms with Crippen molar-refractivity contribution in [2.45, 2.75) is 51.7 Å². The summed E-state index contributed by atoms with van der Waals surface area (Å²) in [6.45, 7) is 11.1. The number of ether oxygens (including phenoxy) is 1. The largest absolute Gasteiger partial charge is 0.375 e. The molecule has 0 aromatic heterocycles. The van der Waals surface area contributed by atoms with Crippen LogP contribution in [0.2, 0.25) is 0 Å². The number of aryl methyl sites for hydroxylation is 1. The Balaban J connectivity index is 2.37. The van der Waals surface area contributed by atoms with Crippen LogP contribution in [0.1, 0.15) is 39.2 Å². The van der Waals surface area contributed by atoms with E-state index in [1.54, 1.807) is 0 Å². The lowest BCUT2D eigenvalue weighted by atomic mass is 9.79. The van der Waals surface area contributed by atoms with Gasteiger partial charge in [-0.3, -0.25) is 0 Å². The maximum absolute atomic E-state index is 6.21. The van der Waals surface area contributed by atoms with Gasteiger partial charge in [0.05, 0.1) is 11.1 Å². The Morgan fingerprint density at radius 2 is 2.10 bits per heavy atom. The summed E-state index contributed by atoms with van der Waals surface area (Å²) in [4.78, 5) is 2.48. The molecule has 1 aliphatic rings. The zero-order valence-corrected chi connectivity index (χ0v) is 13.3. The van der Waals surface area contributed by atoms with E-state index in [1.807, 2.05) is 0 Å². The molecule has 0 aliphatic carbocycles. The molecule has 20 heavy (non-hydrogen) atoms. The van der Waals surface area contributed by atoms with Crippen LogP contribution in [0.5, 0.6) is 0 Å². The summed E-state index contributed by atoms with van der Waals surface area (Å²) in [5.41, 5.74) is 8.68. The van der Waals surface area contributed by atoms with Crippen LogP contribution >= 0.6 is 0 Å². The normalized spacial score (nSPS) is 25.4. The van der Waals surface area contributed by atoms with Crippen molar-refractivity contribution in [1.29, 1.82) is 0 Å². The second-order valence-corrected chi connectivity index (χ2v) is 6.55. The summed E-state index contributed by atoms with van der Waals surface area (Å²) < 4.78 is 5.89. The van der Waals surface area contributed by atoms with Crippen LogP contribution < -0.4 is 10.6 Å². The highest BCUT2D eigenvalue weighted by molar-refractivity contribution is 5.51. The molecular weight excluding hydrogens is 248 g/mol. The average molecular weight is 276 g/mol. The first-order valence-corrected chi connectivity index (χ1v) is 7.61. The second-order valence-electron chi connectivity index (χ2n) is 6.55. The van der Waals surface area contributed by atoms with Gasteiger partial charge in [-0.05, 0) is 51.8 Å². The van der Waals surface area contributed by atoms with Gasteiger partial charge in [0, 0.05) is 31.8 Å². The first-order valence-electron chi connectivity index (χ1n) is 7.61. The van der Waals surface area contributed by atoms with E-state index in [2.05, 4.69) is 56.9 Å². The fourth-order valence-corrected chi connectivity index (χ4v) is 3.55. The lowest BCUT2D eigenvalue weighted by Gasteiger charge is -2.51. The molecule has 2 N–H and O–H groups in total. The van der Waals surface area contributed by atoms with Crippen molar-refractivity contribution in [1.82, 2.24) is 0 Å². The van der Waals surface area contributed by atoms with Crippen molar-refractivity contribution in [2.24, 2.45) is 5.73 Å². The fourth-order valence-electron chi connectivity index (χ4n) is 3.55. The minimum absolute atomic E-state index is 0.00426. The summed E-state index contributed by atoms with van der Waals surface area (Å²) in [6.07, 6.45) is 1.97. The maximum Gasteiger partial charge on any atom is 0.0649 e. The molecule has 112 valence electrons. The SMILES string of the molecule is CCN(c1cccc(C)c1)C1(CN)CCOC(C)(C)C1. The Kier molecular flexibility index (Phi) is 4.40. The lowest BCUT2D eigenvalue weighted by molar-refractivity contribution is -0.0793. The first kappa shape index (κ1) is 15.3. The molecule has 1 aliphatic heterocycles. The quantitative estimate of drug-likeness (QED) is 0.918. The van der Waals surface area contributed by atoms with Crippen LogP contribution in [-0.2, 0) is 4.74 Å². The number of nitrogens with two attached hydrogens (primary N) is 1. The molecule has 1 heterocycles. The molecule has 0 spiro atoms. The molecule has 0 amide bonds. The zero-order chi connectivity index (χ0) is 14.8. The molecule has 1 unspecified atom stereocenters. The Morgan fingerprint density at radius 3 is 2.65 bits per heavy atom. The number of nitrogens with zero attached hydrogens (tertiary/aromatic N) is 1. The molecule has 1 saturated heterocycles. The molecular formula is C17H28N2O. The van der Waals surface area contributed by atoms with Gasteiger partial charge >= 0.3 is 0 Å². The molecule has 0 saturated carbocycles. The highest BCUT2D eigenvalue weighted by Crippen LogP contribution is 2.38. The van der Waals surface area contributed by atoms with Gasteiger partial charge in [0.25, 0.3) is 0 Å². The Bertz CT molecular complexity index is 458. The van der Waals surface area contributed by atoms with Gasteiger partial charge in [-0.1, -0.05) is 12.1 Å². The number of benzene rings is 1. The second kappa shape index (κ2) is 5.74. The molecule has 2 rings (SSSR count). The van der Waals surface area contributed by atoms with Crippen LogP contribution in [0.25, 0.3) is 0 Å². The van der Waals surface area contributed by atoms with Crippen molar-refractivity contribution in [3.8, 4) is 0 Å². The Labute approximate surface area is 123 Å². The van der Waals surface area contributed by atoms with Crippen molar-refractivity contribution < 1.29 is 4.74 Å². The minimum Gasteiger partial charge on any atom is -0.375 e. The molecule has 1 atom stereocenters. The third kappa shape index (κ3) is 2.99. The molecule has 3 heteroatoms. The number of anilines is 1. The van der Waals surface area contributed by atoms with Gasteiger partial charge in [0.1, 0.15) is 0 Å². The van der Waals surface area contributed by atoms with E-state index in [-0.39, 0.29) is 11.1 Å². The van der Waals surface area contributed by atoms with E-state index in [0.29, 0.717) is 6.54 Å². The predicted octanol–water partition coefficient (Wildman–Crippen LogP) is 3.11. The smallest absolute Gasteiger partial charge is 0.0649 e. The van der Waals surface area contributed by atoms with Crippen molar-refractivity contribution in [2.75, 3.05) is 24.6 Å². The van der Waals surface area contributed by atoms with Gasteiger partial charge in [0.2, 0.25) is 0 Å². The summed E-state index contributed by atoms with van der Waals surface area (Å²) >= 11 is 0. The maximum atomic E-state index is 6.21. The topological polar surface area (TPSA) is 38.5 Å². The van der Waals surface area contributed by atoms with Crippen LogP contribution in [-0.4, -0.2) is 30.8 Å².